The number of para-hydroxylation sites is 2. The van der Waals surface area contributed by atoms with E-state index in [2.05, 4.69) is 4.90 Å². The fourth-order valence-electron chi connectivity index (χ4n) is 3.07. The first-order valence-electron chi connectivity index (χ1n) is 8.26. The Morgan fingerprint density at radius 2 is 1.67 bits per heavy atom. The molecule has 0 spiro atoms. The third-order valence-corrected chi connectivity index (χ3v) is 4.81. The summed E-state index contributed by atoms with van der Waals surface area (Å²) >= 11 is 6.25. The van der Waals surface area contributed by atoms with Gasteiger partial charge in [-0.15, -0.1) is 0 Å². The smallest absolute Gasteiger partial charge is 0.223 e. The molecular formula is C19H22ClN3O. The normalized spacial score (nSPS) is 14.7. The number of nitrogens with two attached hydrogens (primary N) is 1. The molecule has 1 amide bonds. The molecule has 24 heavy (non-hydrogen) atoms. The monoisotopic (exact) mass is 343 g/mol. The van der Waals surface area contributed by atoms with Gasteiger partial charge in [0.05, 0.1) is 10.7 Å². The highest BCUT2D eigenvalue weighted by molar-refractivity contribution is 6.33. The second-order valence-electron chi connectivity index (χ2n) is 6.02. The van der Waals surface area contributed by atoms with Crippen molar-refractivity contribution in [2.24, 2.45) is 0 Å². The number of anilines is 2. The Morgan fingerprint density at radius 1 is 1.00 bits per heavy atom. The van der Waals surface area contributed by atoms with Gasteiger partial charge in [-0.25, -0.2) is 0 Å². The third kappa shape index (κ3) is 3.82. The van der Waals surface area contributed by atoms with Crippen molar-refractivity contribution in [1.29, 1.82) is 0 Å². The van der Waals surface area contributed by atoms with Crippen LogP contribution in [0.2, 0.25) is 5.02 Å². The summed E-state index contributed by atoms with van der Waals surface area (Å²) in [5.74, 6) is 0.192. The lowest BCUT2D eigenvalue weighted by Gasteiger charge is -2.36. The van der Waals surface area contributed by atoms with Crippen molar-refractivity contribution >= 4 is 28.9 Å². The zero-order valence-corrected chi connectivity index (χ0v) is 14.4. The summed E-state index contributed by atoms with van der Waals surface area (Å²) in [5, 5.41) is 0.761. The number of piperazine rings is 1. The highest BCUT2D eigenvalue weighted by Crippen LogP contribution is 2.26. The second kappa shape index (κ2) is 7.58. The van der Waals surface area contributed by atoms with Gasteiger partial charge in [0.15, 0.2) is 0 Å². The number of rotatable bonds is 4. The molecule has 1 aliphatic rings. The van der Waals surface area contributed by atoms with Crippen LogP contribution in [0, 0.1) is 0 Å². The van der Waals surface area contributed by atoms with Gasteiger partial charge in [0.2, 0.25) is 5.91 Å². The zero-order chi connectivity index (χ0) is 16.9. The molecule has 2 N–H and O–H groups in total. The summed E-state index contributed by atoms with van der Waals surface area (Å²) in [6.45, 7) is 3.08. The van der Waals surface area contributed by atoms with Crippen molar-refractivity contribution in [3.63, 3.8) is 0 Å². The molecule has 2 aromatic carbocycles. The predicted octanol–water partition coefficient (Wildman–Crippen LogP) is 3.20. The van der Waals surface area contributed by atoms with E-state index in [4.69, 9.17) is 17.3 Å². The maximum atomic E-state index is 12.4. The molecule has 1 saturated heterocycles. The highest BCUT2D eigenvalue weighted by Gasteiger charge is 2.22. The van der Waals surface area contributed by atoms with Crippen molar-refractivity contribution in [1.82, 2.24) is 4.90 Å². The number of aryl methyl sites for hydroxylation is 1. The molecule has 2 aromatic rings. The van der Waals surface area contributed by atoms with E-state index in [1.54, 1.807) is 0 Å². The molecule has 0 bridgehead atoms. The van der Waals surface area contributed by atoms with E-state index in [1.165, 1.54) is 0 Å². The lowest BCUT2D eigenvalue weighted by molar-refractivity contribution is -0.131. The maximum absolute atomic E-state index is 12.4. The molecule has 0 aromatic heterocycles. The molecule has 1 fully saturated rings. The van der Waals surface area contributed by atoms with E-state index in [0.29, 0.717) is 12.8 Å². The van der Waals surface area contributed by atoms with Crippen LogP contribution in [0.5, 0.6) is 0 Å². The van der Waals surface area contributed by atoms with Gasteiger partial charge in [0.25, 0.3) is 0 Å². The topological polar surface area (TPSA) is 49.6 Å². The Kier molecular flexibility index (Phi) is 5.26. The zero-order valence-electron chi connectivity index (χ0n) is 13.6. The van der Waals surface area contributed by atoms with Crippen molar-refractivity contribution in [3.8, 4) is 0 Å². The van der Waals surface area contributed by atoms with Gasteiger partial charge in [0.1, 0.15) is 0 Å². The minimum atomic E-state index is 0.192. The lowest BCUT2D eigenvalue weighted by atomic mass is 10.1. The van der Waals surface area contributed by atoms with E-state index in [9.17, 15) is 4.79 Å². The Labute approximate surface area is 147 Å². The number of nitrogens with zero attached hydrogens (tertiary/aromatic N) is 2. The summed E-state index contributed by atoms with van der Waals surface area (Å²) < 4.78 is 0. The number of amides is 1. The predicted molar refractivity (Wildman–Crippen MR) is 99.4 cm³/mol. The molecule has 5 heteroatoms. The van der Waals surface area contributed by atoms with Crippen LogP contribution < -0.4 is 10.6 Å². The molecule has 1 heterocycles. The summed E-state index contributed by atoms with van der Waals surface area (Å²) in [5.41, 5.74) is 8.78. The van der Waals surface area contributed by atoms with Gasteiger partial charge >= 0.3 is 0 Å². The molecule has 0 radical (unpaired) electrons. The molecule has 0 unspecified atom stereocenters. The molecule has 0 atom stereocenters. The summed E-state index contributed by atoms with van der Waals surface area (Å²) in [4.78, 5) is 16.6. The second-order valence-corrected chi connectivity index (χ2v) is 6.43. The Balaban J connectivity index is 1.52. The molecule has 3 rings (SSSR count). The number of nitrogen functional groups attached to an aromatic ring is 1. The fourth-order valence-corrected chi connectivity index (χ4v) is 3.32. The van der Waals surface area contributed by atoms with Crippen LogP contribution in [0.3, 0.4) is 0 Å². The Hall–Kier alpha value is -2.20. The van der Waals surface area contributed by atoms with Crippen LogP contribution in [0.15, 0.2) is 48.5 Å². The summed E-state index contributed by atoms with van der Waals surface area (Å²) in [6.07, 6.45) is 1.19. The van der Waals surface area contributed by atoms with Crippen LogP contribution in [-0.2, 0) is 11.2 Å². The number of benzene rings is 2. The van der Waals surface area contributed by atoms with Crippen molar-refractivity contribution in [2.75, 3.05) is 36.8 Å². The molecular weight excluding hydrogens is 322 g/mol. The van der Waals surface area contributed by atoms with E-state index in [-0.39, 0.29) is 5.91 Å². The standard InChI is InChI=1S/C19H22ClN3O/c20-16-6-2-4-8-18(16)22-11-13-23(14-12-22)19(24)10-9-15-5-1-3-7-17(15)21/h1-8H,9-14,21H2. The van der Waals surface area contributed by atoms with E-state index < -0.39 is 0 Å². The molecule has 126 valence electrons. The van der Waals surface area contributed by atoms with Crippen molar-refractivity contribution in [2.45, 2.75) is 12.8 Å². The SMILES string of the molecule is Nc1ccccc1CCC(=O)N1CCN(c2ccccc2Cl)CC1. The summed E-state index contributed by atoms with van der Waals surface area (Å²) in [7, 11) is 0. The van der Waals surface area contributed by atoms with Gasteiger partial charge in [-0.1, -0.05) is 41.9 Å². The third-order valence-electron chi connectivity index (χ3n) is 4.49. The van der Waals surface area contributed by atoms with Gasteiger partial charge in [-0.2, -0.15) is 0 Å². The number of hydrogen-bond acceptors (Lipinski definition) is 3. The van der Waals surface area contributed by atoms with Crippen LogP contribution in [0.4, 0.5) is 11.4 Å². The minimum absolute atomic E-state index is 0.192. The van der Waals surface area contributed by atoms with E-state index >= 15 is 0 Å². The van der Waals surface area contributed by atoms with E-state index in [0.717, 1.165) is 48.1 Å². The fraction of sp³-hybridized carbons (Fsp3) is 0.316. The minimum Gasteiger partial charge on any atom is -0.399 e. The number of hydrogen-bond donors (Lipinski definition) is 1. The van der Waals surface area contributed by atoms with Crippen LogP contribution in [0.1, 0.15) is 12.0 Å². The number of carbonyl (C=O) groups is 1. The average molecular weight is 344 g/mol. The number of carbonyl (C=O) groups excluding carboxylic acids is 1. The quantitative estimate of drug-likeness (QED) is 0.867. The van der Waals surface area contributed by atoms with Gasteiger partial charge in [0, 0.05) is 38.3 Å². The van der Waals surface area contributed by atoms with Crippen LogP contribution >= 0.6 is 11.6 Å². The average Bonchev–Trinajstić information content (AvgIpc) is 2.61. The first-order chi connectivity index (χ1) is 11.6. The Morgan fingerprint density at radius 3 is 2.38 bits per heavy atom. The molecule has 1 aliphatic heterocycles. The van der Waals surface area contributed by atoms with Crippen molar-refractivity contribution < 1.29 is 4.79 Å². The van der Waals surface area contributed by atoms with E-state index in [1.807, 2.05) is 53.4 Å². The van der Waals surface area contributed by atoms with Gasteiger partial charge < -0.3 is 15.5 Å². The molecule has 0 aliphatic carbocycles. The number of halogens is 1. The van der Waals surface area contributed by atoms with Crippen LogP contribution in [0.25, 0.3) is 0 Å². The first kappa shape index (κ1) is 16.7. The highest BCUT2D eigenvalue weighted by atomic mass is 35.5. The molecule has 4 nitrogen and oxygen atoms in total. The van der Waals surface area contributed by atoms with Gasteiger partial charge in [-0.3, -0.25) is 4.79 Å². The van der Waals surface area contributed by atoms with Crippen molar-refractivity contribution in [3.05, 3.63) is 59.1 Å². The molecule has 0 saturated carbocycles. The summed E-state index contributed by atoms with van der Waals surface area (Å²) in [6, 6.07) is 15.6. The van der Waals surface area contributed by atoms with Crippen LogP contribution in [-0.4, -0.2) is 37.0 Å². The Bertz CT molecular complexity index is 711. The van der Waals surface area contributed by atoms with Gasteiger partial charge in [-0.05, 0) is 30.2 Å². The lowest BCUT2D eigenvalue weighted by Crippen LogP contribution is -2.48. The first-order valence-corrected chi connectivity index (χ1v) is 8.63. The largest absolute Gasteiger partial charge is 0.399 e. The maximum Gasteiger partial charge on any atom is 0.223 e.